The molecule has 1 aromatic carbocycles. The van der Waals surface area contributed by atoms with Crippen LogP contribution in [0.4, 0.5) is 0 Å². The summed E-state index contributed by atoms with van der Waals surface area (Å²) in [5.41, 5.74) is 0.870. The number of aromatic nitrogens is 2. The highest BCUT2D eigenvalue weighted by atomic mass is 16.5. The number of para-hydroxylation sites is 1. The molecule has 3 rings (SSSR count). The van der Waals surface area contributed by atoms with Gasteiger partial charge in [0.2, 0.25) is 5.88 Å². The van der Waals surface area contributed by atoms with E-state index < -0.39 is 0 Å². The quantitative estimate of drug-likeness (QED) is 0.763. The molecule has 0 bridgehead atoms. The minimum absolute atomic E-state index is 0.189. The van der Waals surface area contributed by atoms with Crippen LogP contribution in [0.3, 0.4) is 0 Å². The van der Waals surface area contributed by atoms with E-state index in [0.29, 0.717) is 5.88 Å². The van der Waals surface area contributed by atoms with Crippen LogP contribution in [0, 0.1) is 0 Å². The number of ether oxygens (including phenoxy) is 1. The molecule has 5 heteroatoms. The standard InChI is InChI=1S/C12H13N3O2/c16-12(10-6-3-7-13-10)17-11-8-4-1-2-5-9(8)14-15-11/h1-2,4-5,10,13H,3,6-7H2,(H,14,15)/t10-/m0/s1. The Morgan fingerprint density at radius 2 is 2.29 bits per heavy atom. The first kappa shape index (κ1) is 10.3. The smallest absolute Gasteiger partial charge is 0.329 e. The third-order valence-corrected chi connectivity index (χ3v) is 2.98. The second kappa shape index (κ2) is 4.18. The van der Waals surface area contributed by atoms with E-state index in [9.17, 15) is 4.79 Å². The highest BCUT2D eigenvalue weighted by Crippen LogP contribution is 2.22. The van der Waals surface area contributed by atoms with Gasteiger partial charge in [-0.2, -0.15) is 0 Å². The number of nitrogens with one attached hydrogen (secondary N) is 2. The van der Waals surface area contributed by atoms with Crippen molar-refractivity contribution in [3.05, 3.63) is 24.3 Å². The fraction of sp³-hybridized carbons (Fsp3) is 0.333. The van der Waals surface area contributed by atoms with Crippen molar-refractivity contribution in [3.63, 3.8) is 0 Å². The van der Waals surface area contributed by atoms with Gasteiger partial charge in [0.1, 0.15) is 6.04 Å². The number of fused-ring (bicyclic) bond motifs is 1. The highest BCUT2D eigenvalue weighted by Gasteiger charge is 2.25. The van der Waals surface area contributed by atoms with Crippen molar-refractivity contribution in [2.75, 3.05) is 6.54 Å². The molecule has 2 N–H and O–H groups in total. The summed E-state index contributed by atoms with van der Waals surface area (Å²) >= 11 is 0. The summed E-state index contributed by atoms with van der Waals surface area (Å²) in [4.78, 5) is 11.8. The Hall–Kier alpha value is -1.88. The van der Waals surface area contributed by atoms with E-state index in [1.165, 1.54) is 0 Å². The van der Waals surface area contributed by atoms with Gasteiger partial charge < -0.3 is 10.1 Å². The lowest BCUT2D eigenvalue weighted by Crippen LogP contribution is -2.34. The van der Waals surface area contributed by atoms with E-state index >= 15 is 0 Å². The van der Waals surface area contributed by atoms with Crippen molar-refractivity contribution < 1.29 is 9.53 Å². The summed E-state index contributed by atoms with van der Waals surface area (Å²) in [7, 11) is 0. The second-order valence-electron chi connectivity index (χ2n) is 4.14. The molecule has 0 aliphatic carbocycles. The van der Waals surface area contributed by atoms with Crippen LogP contribution in [-0.4, -0.2) is 28.8 Å². The van der Waals surface area contributed by atoms with Crippen LogP contribution in [0.5, 0.6) is 5.88 Å². The third-order valence-electron chi connectivity index (χ3n) is 2.98. The lowest BCUT2D eigenvalue weighted by Gasteiger charge is -2.07. The predicted molar refractivity (Wildman–Crippen MR) is 62.8 cm³/mol. The first-order valence-electron chi connectivity index (χ1n) is 5.73. The summed E-state index contributed by atoms with van der Waals surface area (Å²) in [5, 5.41) is 10.8. The molecular weight excluding hydrogens is 218 g/mol. The molecule has 1 fully saturated rings. The first-order valence-corrected chi connectivity index (χ1v) is 5.73. The van der Waals surface area contributed by atoms with E-state index in [2.05, 4.69) is 15.5 Å². The largest absolute Gasteiger partial charge is 0.404 e. The van der Waals surface area contributed by atoms with Gasteiger partial charge in [-0.3, -0.25) is 5.10 Å². The monoisotopic (exact) mass is 231 g/mol. The Morgan fingerprint density at radius 3 is 3.12 bits per heavy atom. The Labute approximate surface area is 98.2 Å². The molecule has 2 heterocycles. The number of nitrogens with zero attached hydrogens (tertiary/aromatic N) is 1. The van der Waals surface area contributed by atoms with Gasteiger partial charge in [0.05, 0.1) is 10.9 Å². The number of hydrogen-bond acceptors (Lipinski definition) is 4. The van der Waals surface area contributed by atoms with Crippen LogP contribution < -0.4 is 10.1 Å². The van der Waals surface area contributed by atoms with Crippen molar-refractivity contribution in [2.24, 2.45) is 0 Å². The van der Waals surface area contributed by atoms with Crippen molar-refractivity contribution in [3.8, 4) is 5.88 Å². The van der Waals surface area contributed by atoms with E-state index in [1.807, 2.05) is 24.3 Å². The maximum atomic E-state index is 11.8. The van der Waals surface area contributed by atoms with E-state index in [0.717, 1.165) is 30.3 Å². The number of benzene rings is 1. The topological polar surface area (TPSA) is 67.0 Å². The summed E-state index contributed by atoms with van der Waals surface area (Å²) in [6.45, 7) is 0.876. The van der Waals surface area contributed by atoms with Gasteiger partial charge in [-0.1, -0.05) is 12.1 Å². The minimum Gasteiger partial charge on any atom is -0.404 e. The fourth-order valence-corrected chi connectivity index (χ4v) is 2.07. The molecule has 2 aromatic rings. The zero-order chi connectivity index (χ0) is 11.7. The van der Waals surface area contributed by atoms with E-state index in [1.54, 1.807) is 0 Å². The van der Waals surface area contributed by atoms with Crippen LogP contribution in [-0.2, 0) is 4.79 Å². The first-order chi connectivity index (χ1) is 8.34. The number of hydrogen-bond donors (Lipinski definition) is 2. The van der Waals surface area contributed by atoms with Gasteiger partial charge in [0.25, 0.3) is 0 Å². The zero-order valence-corrected chi connectivity index (χ0v) is 9.27. The molecule has 0 spiro atoms. The van der Waals surface area contributed by atoms with Gasteiger partial charge in [0.15, 0.2) is 0 Å². The van der Waals surface area contributed by atoms with Crippen molar-refractivity contribution in [1.29, 1.82) is 0 Å². The van der Waals surface area contributed by atoms with Crippen LogP contribution in [0.2, 0.25) is 0 Å². The molecule has 1 saturated heterocycles. The molecule has 0 unspecified atom stereocenters. The Balaban J connectivity index is 1.82. The predicted octanol–water partition coefficient (Wildman–Crippen LogP) is 1.22. The van der Waals surface area contributed by atoms with Crippen LogP contribution >= 0.6 is 0 Å². The maximum absolute atomic E-state index is 11.8. The number of H-pyrrole nitrogens is 1. The van der Waals surface area contributed by atoms with Crippen LogP contribution in [0.15, 0.2) is 24.3 Å². The third kappa shape index (κ3) is 1.89. The second-order valence-corrected chi connectivity index (χ2v) is 4.14. The number of carbonyl (C=O) groups is 1. The molecule has 1 atom stereocenters. The Kier molecular flexibility index (Phi) is 2.53. The number of carbonyl (C=O) groups excluding carboxylic acids is 1. The molecule has 88 valence electrons. The minimum atomic E-state index is -0.250. The molecule has 1 aliphatic rings. The number of rotatable bonds is 2. The van der Waals surface area contributed by atoms with E-state index in [-0.39, 0.29) is 12.0 Å². The molecule has 17 heavy (non-hydrogen) atoms. The lowest BCUT2D eigenvalue weighted by molar-refractivity contribution is -0.136. The SMILES string of the molecule is O=C(Oc1n[nH]c2ccccc12)[C@@H]1CCCN1. The van der Waals surface area contributed by atoms with Crippen LogP contribution in [0.1, 0.15) is 12.8 Å². The molecule has 1 aliphatic heterocycles. The highest BCUT2D eigenvalue weighted by molar-refractivity contribution is 5.87. The fourth-order valence-electron chi connectivity index (χ4n) is 2.07. The zero-order valence-electron chi connectivity index (χ0n) is 9.27. The van der Waals surface area contributed by atoms with Crippen LogP contribution in [0.25, 0.3) is 10.9 Å². The molecule has 0 amide bonds. The summed E-state index contributed by atoms with van der Waals surface area (Å²) in [6, 6.07) is 7.38. The average molecular weight is 231 g/mol. The van der Waals surface area contributed by atoms with Gasteiger partial charge in [0, 0.05) is 0 Å². The Morgan fingerprint density at radius 1 is 1.41 bits per heavy atom. The van der Waals surface area contributed by atoms with Gasteiger partial charge in [-0.25, -0.2) is 4.79 Å². The molecule has 5 nitrogen and oxygen atoms in total. The van der Waals surface area contributed by atoms with Crippen molar-refractivity contribution >= 4 is 16.9 Å². The summed E-state index contributed by atoms with van der Waals surface area (Å²) in [6.07, 6.45) is 1.85. The molecule has 0 radical (unpaired) electrons. The Bertz CT molecular complexity index is 543. The van der Waals surface area contributed by atoms with Gasteiger partial charge in [-0.05, 0) is 31.5 Å². The molecular formula is C12H13N3O2. The average Bonchev–Trinajstić information content (AvgIpc) is 2.98. The summed E-state index contributed by atoms with van der Waals surface area (Å²) in [5.74, 6) is 0.110. The summed E-state index contributed by atoms with van der Waals surface area (Å²) < 4.78 is 5.31. The van der Waals surface area contributed by atoms with E-state index in [4.69, 9.17) is 4.74 Å². The number of esters is 1. The number of aromatic amines is 1. The molecule has 1 aromatic heterocycles. The molecule has 0 saturated carbocycles. The normalized spacial score (nSPS) is 19.6. The van der Waals surface area contributed by atoms with Crippen molar-refractivity contribution in [1.82, 2.24) is 15.5 Å². The van der Waals surface area contributed by atoms with Gasteiger partial charge in [-0.15, -0.1) is 5.10 Å². The maximum Gasteiger partial charge on any atom is 0.329 e. The lowest BCUT2D eigenvalue weighted by atomic mass is 10.2. The van der Waals surface area contributed by atoms with Gasteiger partial charge >= 0.3 is 5.97 Å². The van der Waals surface area contributed by atoms with Crippen molar-refractivity contribution in [2.45, 2.75) is 18.9 Å².